The van der Waals surface area contributed by atoms with Crippen molar-refractivity contribution >= 4 is 28.1 Å². The minimum Gasteiger partial charge on any atom is -0.340 e. The Kier molecular flexibility index (Phi) is 3.08. The first-order valence-electron chi connectivity index (χ1n) is 6.82. The molecule has 3 rings (SSSR count). The Morgan fingerprint density at radius 3 is 2.63 bits per heavy atom. The molecule has 0 atom stereocenters. The maximum absolute atomic E-state index is 11.3. The molecule has 2 aromatic carbocycles. The van der Waals surface area contributed by atoms with Gasteiger partial charge in [0.1, 0.15) is 0 Å². The number of carbonyl (C=O) groups excluding carboxylic acids is 1. The molecule has 0 aliphatic rings. The molecule has 0 saturated heterocycles. The molecule has 0 spiro atoms. The van der Waals surface area contributed by atoms with Crippen LogP contribution in [0.4, 0.5) is 0 Å². The van der Waals surface area contributed by atoms with Crippen molar-refractivity contribution in [2.24, 2.45) is 0 Å². The van der Waals surface area contributed by atoms with Crippen molar-refractivity contribution in [2.45, 2.75) is 26.3 Å². The SMILES string of the molecule is CCCCn1c2ccccc2c2cccc(C=O)c21. The van der Waals surface area contributed by atoms with E-state index in [-0.39, 0.29) is 0 Å². The lowest BCUT2D eigenvalue weighted by molar-refractivity contribution is 0.112. The van der Waals surface area contributed by atoms with Crippen LogP contribution < -0.4 is 0 Å². The summed E-state index contributed by atoms with van der Waals surface area (Å²) in [6.45, 7) is 3.15. The van der Waals surface area contributed by atoms with Gasteiger partial charge < -0.3 is 4.57 Å². The molecule has 96 valence electrons. The quantitative estimate of drug-likeness (QED) is 0.630. The van der Waals surface area contributed by atoms with Crippen LogP contribution in [-0.2, 0) is 6.54 Å². The average molecular weight is 251 g/mol. The second-order valence-corrected chi connectivity index (χ2v) is 4.88. The average Bonchev–Trinajstić information content (AvgIpc) is 2.79. The lowest BCUT2D eigenvalue weighted by atomic mass is 10.1. The van der Waals surface area contributed by atoms with Gasteiger partial charge in [-0.05, 0) is 18.6 Å². The van der Waals surface area contributed by atoms with Gasteiger partial charge in [0, 0.05) is 28.4 Å². The molecule has 2 heteroatoms. The molecule has 0 aliphatic carbocycles. The van der Waals surface area contributed by atoms with E-state index in [0.29, 0.717) is 0 Å². The van der Waals surface area contributed by atoms with Gasteiger partial charge in [-0.3, -0.25) is 4.79 Å². The molecule has 2 nitrogen and oxygen atoms in total. The van der Waals surface area contributed by atoms with Gasteiger partial charge in [0.2, 0.25) is 0 Å². The lowest BCUT2D eigenvalue weighted by Crippen LogP contribution is -1.99. The Hall–Kier alpha value is -2.09. The highest BCUT2D eigenvalue weighted by molar-refractivity contribution is 6.12. The molecule has 0 fully saturated rings. The predicted octanol–water partition coefficient (Wildman–Crippen LogP) is 4.41. The van der Waals surface area contributed by atoms with E-state index < -0.39 is 0 Å². The van der Waals surface area contributed by atoms with E-state index in [2.05, 4.69) is 41.8 Å². The lowest BCUT2D eigenvalue weighted by Gasteiger charge is -2.07. The largest absolute Gasteiger partial charge is 0.340 e. The number of aryl methyl sites for hydroxylation is 1. The van der Waals surface area contributed by atoms with Crippen molar-refractivity contribution in [3.05, 3.63) is 48.0 Å². The Morgan fingerprint density at radius 2 is 1.84 bits per heavy atom. The number of fused-ring (bicyclic) bond motifs is 3. The molecule has 0 saturated carbocycles. The third-order valence-corrected chi connectivity index (χ3v) is 3.68. The first-order chi connectivity index (χ1) is 9.36. The van der Waals surface area contributed by atoms with Crippen LogP contribution in [0.25, 0.3) is 21.8 Å². The van der Waals surface area contributed by atoms with Gasteiger partial charge in [0.25, 0.3) is 0 Å². The van der Waals surface area contributed by atoms with E-state index in [1.54, 1.807) is 0 Å². The van der Waals surface area contributed by atoms with Crippen molar-refractivity contribution in [1.29, 1.82) is 0 Å². The Bertz CT molecular complexity index is 739. The van der Waals surface area contributed by atoms with Crippen LogP contribution >= 0.6 is 0 Å². The Labute approximate surface area is 112 Å². The number of rotatable bonds is 4. The van der Waals surface area contributed by atoms with E-state index in [9.17, 15) is 4.79 Å². The molecular formula is C17H17NO. The highest BCUT2D eigenvalue weighted by Crippen LogP contribution is 2.30. The number of hydrogen-bond acceptors (Lipinski definition) is 1. The van der Waals surface area contributed by atoms with Gasteiger partial charge in [-0.15, -0.1) is 0 Å². The van der Waals surface area contributed by atoms with Crippen molar-refractivity contribution in [2.75, 3.05) is 0 Å². The van der Waals surface area contributed by atoms with Gasteiger partial charge in [-0.25, -0.2) is 0 Å². The summed E-state index contributed by atoms with van der Waals surface area (Å²) < 4.78 is 2.29. The summed E-state index contributed by atoms with van der Waals surface area (Å²) in [6.07, 6.45) is 3.24. The zero-order valence-electron chi connectivity index (χ0n) is 11.1. The number of aromatic nitrogens is 1. The highest BCUT2D eigenvalue weighted by atomic mass is 16.1. The summed E-state index contributed by atoms with van der Waals surface area (Å²) in [5, 5.41) is 2.41. The number of nitrogens with zero attached hydrogens (tertiary/aromatic N) is 1. The molecule has 1 aromatic heterocycles. The number of unbranched alkanes of at least 4 members (excludes halogenated alkanes) is 1. The summed E-state index contributed by atoms with van der Waals surface area (Å²) in [5.74, 6) is 0. The van der Waals surface area contributed by atoms with Crippen LogP contribution in [0, 0.1) is 0 Å². The molecule has 19 heavy (non-hydrogen) atoms. The summed E-state index contributed by atoms with van der Waals surface area (Å²) in [4.78, 5) is 11.3. The van der Waals surface area contributed by atoms with E-state index in [4.69, 9.17) is 0 Å². The standard InChI is InChI=1S/C17H17NO/c1-2-3-11-18-16-10-5-4-8-14(16)15-9-6-7-13(12-19)17(15)18/h4-10,12H,2-3,11H2,1H3. The minimum atomic E-state index is 0.782. The summed E-state index contributed by atoms with van der Waals surface area (Å²) in [7, 11) is 0. The number of para-hydroxylation sites is 2. The normalized spacial score (nSPS) is 11.2. The van der Waals surface area contributed by atoms with Gasteiger partial charge in [-0.1, -0.05) is 43.7 Å². The molecule has 0 bridgehead atoms. The molecule has 0 amide bonds. The number of hydrogen-bond donors (Lipinski definition) is 0. The number of aldehydes is 1. The molecule has 3 aromatic rings. The molecular weight excluding hydrogens is 234 g/mol. The fraction of sp³-hybridized carbons (Fsp3) is 0.235. The molecule has 0 unspecified atom stereocenters. The van der Waals surface area contributed by atoms with Gasteiger partial charge in [0.05, 0.1) is 5.52 Å². The van der Waals surface area contributed by atoms with Crippen molar-refractivity contribution in [3.63, 3.8) is 0 Å². The second-order valence-electron chi connectivity index (χ2n) is 4.88. The first kappa shape index (κ1) is 12.0. The Morgan fingerprint density at radius 1 is 1.05 bits per heavy atom. The van der Waals surface area contributed by atoms with Gasteiger partial charge in [0.15, 0.2) is 6.29 Å². The molecule has 0 radical (unpaired) electrons. The zero-order valence-corrected chi connectivity index (χ0v) is 11.1. The maximum atomic E-state index is 11.3. The number of carbonyl (C=O) groups is 1. The third-order valence-electron chi connectivity index (χ3n) is 3.68. The summed E-state index contributed by atoms with van der Waals surface area (Å²) >= 11 is 0. The third kappa shape index (κ3) is 1.84. The zero-order chi connectivity index (χ0) is 13.2. The second kappa shape index (κ2) is 4.88. The van der Waals surface area contributed by atoms with Gasteiger partial charge >= 0.3 is 0 Å². The van der Waals surface area contributed by atoms with E-state index in [1.165, 1.54) is 16.3 Å². The van der Waals surface area contributed by atoms with Crippen molar-refractivity contribution in [3.8, 4) is 0 Å². The van der Waals surface area contributed by atoms with Crippen LogP contribution in [-0.4, -0.2) is 10.9 Å². The van der Waals surface area contributed by atoms with Crippen molar-refractivity contribution in [1.82, 2.24) is 4.57 Å². The van der Waals surface area contributed by atoms with Gasteiger partial charge in [-0.2, -0.15) is 0 Å². The fourth-order valence-electron chi connectivity index (χ4n) is 2.78. The molecule has 0 N–H and O–H groups in total. The summed E-state index contributed by atoms with van der Waals surface area (Å²) in [6, 6.07) is 14.4. The minimum absolute atomic E-state index is 0.782. The fourth-order valence-corrected chi connectivity index (χ4v) is 2.78. The Balaban J connectivity index is 2.41. The van der Waals surface area contributed by atoms with E-state index >= 15 is 0 Å². The highest BCUT2D eigenvalue weighted by Gasteiger charge is 2.12. The topological polar surface area (TPSA) is 22.0 Å². The molecule has 1 heterocycles. The van der Waals surface area contributed by atoms with E-state index in [1.807, 2.05) is 12.1 Å². The van der Waals surface area contributed by atoms with Crippen LogP contribution in [0.15, 0.2) is 42.5 Å². The summed E-state index contributed by atoms with van der Waals surface area (Å²) in [5.41, 5.74) is 3.08. The number of benzene rings is 2. The van der Waals surface area contributed by atoms with Crippen LogP contribution in [0.5, 0.6) is 0 Å². The van der Waals surface area contributed by atoms with Crippen LogP contribution in [0.1, 0.15) is 30.1 Å². The maximum Gasteiger partial charge on any atom is 0.152 e. The first-order valence-corrected chi connectivity index (χ1v) is 6.82. The monoisotopic (exact) mass is 251 g/mol. The van der Waals surface area contributed by atoms with Crippen LogP contribution in [0.2, 0.25) is 0 Å². The van der Waals surface area contributed by atoms with Crippen LogP contribution in [0.3, 0.4) is 0 Å². The van der Waals surface area contributed by atoms with Crippen molar-refractivity contribution < 1.29 is 4.79 Å². The van der Waals surface area contributed by atoms with E-state index in [0.717, 1.165) is 36.8 Å². The molecule has 0 aliphatic heterocycles. The smallest absolute Gasteiger partial charge is 0.152 e. The predicted molar refractivity (Wildman–Crippen MR) is 79.7 cm³/mol.